The van der Waals surface area contributed by atoms with Crippen LogP contribution in [0.1, 0.15) is 16.7 Å². The lowest BCUT2D eigenvalue weighted by atomic mass is 9.93. The first kappa shape index (κ1) is 19.5. The van der Waals surface area contributed by atoms with Crippen molar-refractivity contribution in [1.29, 1.82) is 0 Å². The molecule has 0 aliphatic carbocycles. The van der Waals surface area contributed by atoms with Gasteiger partial charge in [-0.15, -0.1) is 0 Å². The van der Waals surface area contributed by atoms with E-state index in [9.17, 15) is 4.79 Å². The quantitative estimate of drug-likeness (QED) is 0.371. The van der Waals surface area contributed by atoms with Crippen LogP contribution in [-0.2, 0) is 0 Å². The third-order valence-electron chi connectivity index (χ3n) is 4.92. The highest BCUT2D eigenvalue weighted by molar-refractivity contribution is 6.01. The van der Waals surface area contributed by atoms with Gasteiger partial charge >= 0.3 is 6.09 Å². The van der Waals surface area contributed by atoms with Crippen molar-refractivity contribution < 1.29 is 9.53 Å². The first-order chi connectivity index (χ1) is 14.6. The Hall–Kier alpha value is -3.85. The molecule has 0 heterocycles. The van der Waals surface area contributed by atoms with E-state index in [2.05, 4.69) is 36.4 Å². The molecular weight excluding hydrogens is 370 g/mol. The van der Waals surface area contributed by atoms with Crippen LogP contribution in [0.25, 0.3) is 22.4 Å². The minimum Gasteiger partial charge on any atom is -0.409 e. The lowest BCUT2D eigenvalue weighted by molar-refractivity contribution is 0.172. The minimum atomic E-state index is -0.403. The maximum atomic E-state index is 12.5. The van der Waals surface area contributed by atoms with Gasteiger partial charge in [-0.3, -0.25) is 0 Å². The van der Waals surface area contributed by atoms with Gasteiger partial charge in [0.2, 0.25) is 0 Å². The van der Waals surface area contributed by atoms with Gasteiger partial charge in [-0.1, -0.05) is 91.0 Å². The zero-order chi connectivity index (χ0) is 20.9. The molecule has 0 bridgehead atoms. The molecule has 148 valence electrons. The van der Waals surface area contributed by atoms with Gasteiger partial charge in [0, 0.05) is 25.0 Å². The molecule has 3 heteroatoms. The van der Waals surface area contributed by atoms with Crippen LogP contribution < -0.4 is 4.74 Å². The fourth-order valence-corrected chi connectivity index (χ4v) is 3.39. The summed E-state index contributed by atoms with van der Waals surface area (Å²) < 4.78 is 5.91. The predicted molar refractivity (Wildman–Crippen MR) is 124 cm³/mol. The van der Waals surface area contributed by atoms with Gasteiger partial charge in [-0.2, -0.15) is 0 Å². The molecule has 0 saturated heterocycles. The van der Waals surface area contributed by atoms with Gasteiger partial charge in [-0.05, 0) is 34.2 Å². The zero-order valence-corrected chi connectivity index (χ0v) is 17.1. The van der Waals surface area contributed by atoms with Gasteiger partial charge in [0.1, 0.15) is 5.75 Å². The summed E-state index contributed by atoms with van der Waals surface area (Å²) in [6, 6.07) is 32.4. The van der Waals surface area contributed by atoms with Gasteiger partial charge in [0.15, 0.2) is 0 Å². The van der Waals surface area contributed by atoms with Crippen LogP contribution in [0, 0.1) is 0 Å². The van der Waals surface area contributed by atoms with Crippen molar-refractivity contribution in [3.05, 3.63) is 114 Å². The topological polar surface area (TPSA) is 29.5 Å². The SMILES string of the molecule is CN(C)C(=O)Oc1c(/C(=C/c2ccccc2)c2ccccc2)ccc2ccccc12. The van der Waals surface area contributed by atoms with E-state index < -0.39 is 6.09 Å². The van der Waals surface area contributed by atoms with E-state index in [4.69, 9.17) is 4.74 Å². The number of amides is 1. The van der Waals surface area contributed by atoms with Crippen molar-refractivity contribution in [1.82, 2.24) is 4.90 Å². The molecule has 0 aliphatic rings. The largest absolute Gasteiger partial charge is 0.414 e. The molecular formula is C27H23NO2. The Balaban J connectivity index is 1.98. The first-order valence-electron chi connectivity index (χ1n) is 9.87. The molecule has 4 aromatic rings. The van der Waals surface area contributed by atoms with Crippen LogP contribution in [0.15, 0.2) is 97.1 Å². The summed E-state index contributed by atoms with van der Waals surface area (Å²) in [4.78, 5) is 13.9. The van der Waals surface area contributed by atoms with E-state index >= 15 is 0 Å². The molecule has 0 aromatic heterocycles. The fraction of sp³-hybridized carbons (Fsp3) is 0.0741. The Morgan fingerprint density at radius 1 is 0.767 bits per heavy atom. The second-order valence-electron chi connectivity index (χ2n) is 7.26. The number of benzene rings is 4. The van der Waals surface area contributed by atoms with Gasteiger partial charge < -0.3 is 9.64 Å². The maximum absolute atomic E-state index is 12.5. The van der Waals surface area contributed by atoms with Crippen LogP contribution in [0.4, 0.5) is 4.79 Å². The number of ether oxygens (including phenoxy) is 1. The summed E-state index contributed by atoms with van der Waals surface area (Å²) in [5, 5.41) is 1.93. The molecule has 0 aliphatic heterocycles. The van der Waals surface area contributed by atoms with Crippen molar-refractivity contribution in [2.75, 3.05) is 14.1 Å². The smallest absolute Gasteiger partial charge is 0.409 e. The maximum Gasteiger partial charge on any atom is 0.414 e. The molecule has 30 heavy (non-hydrogen) atoms. The van der Waals surface area contributed by atoms with E-state index in [-0.39, 0.29) is 0 Å². The van der Waals surface area contributed by atoms with Gasteiger partial charge in [0.25, 0.3) is 0 Å². The molecule has 0 unspecified atom stereocenters. The number of hydrogen-bond donors (Lipinski definition) is 0. The van der Waals surface area contributed by atoms with Crippen LogP contribution in [0.3, 0.4) is 0 Å². The Kier molecular flexibility index (Phi) is 5.62. The lowest BCUT2D eigenvalue weighted by Gasteiger charge is -2.18. The van der Waals surface area contributed by atoms with Crippen molar-refractivity contribution in [3.8, 4) is 5.75 Å². The zero-order valence-electron chi connectivity index (χ0n) is 17.1. The average molecular weight is 393 g/mol. The first-order valence-corrected chi connectivity index (χ1v) is 9.87. The van der Waals surface area contributed by atoms with Gasteiger partial charge in [-0.25, -0.2) is 4.79 Å². The second kappa shape index (κ2) is 8.66. The summed E-state index contributed by atoms with van der Waals surface area (Å²) in [6.45, 7) is 0. The summed E-state index contributed by atoms with van der Waals surface area (Å²) in [5.41, 5.74) is 4.00. The third-order valence-corrected chi connectivity index (χ3v) is 4.92. The fourth-order valence-electron chi connectivity index (χ4n) is 3.39. The van der Waals surface area contributed by atoms with E-state index in [0.717, 1.165) is 33.0 Å². The predicted octanol–water partition coefficient (Wildman–Crippen LogP) is 6.49. The molecule has 0 N–H and O–H groups in total. The van der Waals surface area contributed by atoms with Crippen molar-refractivity contribution >= 4 is 28.5 Å². The van der Waals surface area contributed by atoms with Crippen LogP contribution >= 0.6 is 0 Å². The second-order valence-corrected chi connectivity index (χ2v) is 7.26. The van der Waals surface area contributed by atoms with Crippen molar-refractivity contribution in [2.45, 2.75) is 0 Å². The molecule has 4 rings (SSSR count). The van der Waals surface area contributed by atoms with E-state index in [1.54, 1.807) is 14.1 Å². The standard InChI is InChI=1S/C27H23NO2/c1-28(2)27(29)30-26-23-16-10-9-15-22(23)17-18-24(26)25(21-13-7-4-8-14-21)19-20-11-5-3-6-12-20/h3-19H,1-2H3/b25-19+. The number of hydrogen-bond acceptors (Lipinski definition) is 2. The number of rotatable bonds is 4. The molecule has 0 atom stereocenters. The normalized spacial score (nSPS) is 11.3. The molecule has 3 nitrogen and oxygen atoms in total. The molecule has 0 spiro atoms. The van der Waals surface area contributed by atoms with E-state index in [1.807, 2.05) is 66.7 Å². The third kappa shape index (κ3) is 4.11. The van der Waals surface area contributed by atoms with Crippen molar-refractivity contribution in [2.24, 2.45) is 0 Å². The summed E-state index contributed by atoms with van der Waals surface area (Å²) in [6.07, 6.45) is 1.73. The molecule has 0 radical (unpaired) electrons. The summed E-state index contributed by atoms with van der Waals surface area (Å²) in [7, 11) is 3.37. The Morgan fingerprint density at radius 2 is 1.40 bits per heavy atom. The minimum absolute atomic E-state index is 0.403. The monoisotopic (exact) mass is 393 g/mol. The molecule has 0 fully saturated rings. The van der Waals surface area contributed by atoms with E-state index in [0.29, 0.717) is 5.75 Å². The number of nitrogens with zero attached hydrogens (tertiary/aromatic N) is 1. The Labute approximate surface area is 176 Å². The Bertz CT molecular complexity index is 1200. The highest BCUT2D eigenvalue weighted by Gasteiger charge is 2.18. The number of fused-ring (bicyclic) bond motifs is 1. The molecule has 0 saturated carbocycles. The van der Waals surface area contributed by atoms with Crippen LogP contribution in [-0.4, -0.2) is 25.1 Å². The van der Waals surface area contributed by atoms with Gasteiger partial charge in [0.05, 0.1) is 0 Å². The Morgan fingerprint density at radius 3 is 2.10 bits per heavy atom. The molecule has 1 amide bonds. The van der Waals surface area contributed by atoms with Crippen LogP contribution in [0.5, 0.6) is 5.75 Å². The number of carbonyl (C=O) groups is 1. The van der Waals surface area contributed by atoms with Crippen molar-refractivity contribution in [3.63, 3.8) is 0 Å². The van der Waals surface area contributed by atoms with Crippen LogP contribution in [0.2, 0.25) is 0 Å². The summed E-state index contributed by atoms with van der Waals surface area (Å²) >= 11 is 0. The van der Waals surface area contributed by atoms with E-state index in [1.165, 1.54) is 4.90 Å². The molecule has 4 aromatic carbocycles. The highest BCUT2D eigenvalue weighted by Crippen LogP contribution is 2.38. The summed E-state index contributed by atoms with van der Waals surface area (Å²) in [5.74, 6) is 0.567. The highest BCUT2D eigenvalue weighted by atomic mass is 16.6. The average Bonchev–Trinajstić information content (AvgIpc) is 2.79. The lowest BCUT2D eigenvalue weighted by Crippen LogP contribution is -2.25. The number of carbonyl (C=O) groups excluding carboxylic acids is 1.